The highest BCUT2D eigenvalue weighted by atomic mass is 16.2. The second-order valence-electron chi connectivity index (χ2n) is 7.48. The fourth-order valence-electron chi connectivity index (χ4n) is 3.40. The molecule has 1 N–H and O–H groups in total. The van der Waals surface area contributed by atoms with Crippen molar-refractivity contribution in [3.8, 4) is 0 Å². The number of hydrogen-bond donors (Lipinski definition) is 1. The van der Waals surface area contributed by atoms with E-state index in [1.165, 1.54) is 12.8 Å². The van der Waals surface area contributed by atoms with Gasteiger partial charge in [-0.3, -0.25) is 19.3 Å². The Kier molecular flexibility index (Phi) is 8.35. The molecule has 7 heteroatoms. The van der Waals surface area contributed by atoms with Crippen molar-refractivity contribution < 1.29 is 14.4 Å². The predicted molar refractivity (Wildman–Crippen MR) is 101 cm³/mol. The van der Waals surface area contributed by atoms with Crippen molar-refractivity contribution in [3.05, 3.63) is 0 Å². The molecule has 0 radical (unpaired) electrons. The van der Waals surface area contributed by atoms with Crippen LogP contribution in [0.15, 0.2) is 0 Å². The topological polar surface area (TPSA) is 73.0 Å². The molecule has 26 heavy (non-hydrogen) atoms. The number of piperazine rings is 1. The second kappa shape index (κ2) is 10.5. The van der Waals surface area contributed by atoms with Crippen LogP contribution in [0.25, 0.3) is 0 Å². The van der Waals surface area contributed by atoms with Crippen molar-refractivity contribution in [3.63, 3.8) is 0 Å². The number of hydrogen-bond acceptors (Lipinski definition) is 4. The highest BCUT2D eigenvalue weighted by molar-refractivity contribution is 5.85. The number of rotatable bonds is 6. The van der Waals surface area contributed by atoms with E-state index in [1.54, 1.807) is 4.90 Å². The average molecular weight is 367 g/mol. The van der Waals surface area contributed by atoms with Crippen LogP contribution in [0, 0.1) is 5.92 Å². The minimum absolute atomic E-state index is 0.0415. The summed E-state index contributed by atoms with van der Waals surface area (Å²) in [7, 11) is 0. The Bertz CT molecular complexity index is 481. The van der Waals surface area contributed by atoms with Crippen molar-refractivity contribution in [2.24, 2.45) is 5.92 Å². The zero-order valence-electron chi connectivity index (χ0n) is 16.3. The molecule has 148 valence electrons. The van der Waals surface area contributed by atoms with Gasteiger partial charge in [0.2, 0.25) is 17.7 Å². The summed E-state index contributed by atoms with van der Waals surface area (Å²) < 4.78 is 0. The normalized spacial score (nSPS) is 20.4. The Labute approximate surface area is 157 Å². The molecule has 0 bridgehead atoms. The van der Waals surface area contributed by atoms with Crippen molar-refractivity contribution in [2.75, 3.05) is 52.4 Å². The third kappa shape index (κ3) is 6.27. The summed E-state index contributed by atoms with van der Waals surface area (Å²) in [5.41, 5.74) is 0. The number of carbonyl (C=O) groups is 3. The van der Waals surface area contributed by atoms with Gasteiger partial charge in [-0.1, -0.05) is 26.7 Å². The van der Waals surface area contributed by atoms with Crippen LogP contribution in [0.2, 0.25) is 0 Å². The van der Waals surface area contributed by atoms with Crippen LogP contribution in [-0.2, 0) is 14.4 Å². The van der Waals surface area contributed by atoms with Gasteiger partial charge >= 0.3 is 0 Å². The van der Waals surface area contributed by atoms with E-state index in [1.807, 2.05) is 18.7 Å². The largest absolute Gasteiger partial charge is 0.347 e. The highest BCUT2D eigenvalue weighted by Crippen LogP contribution is 2.11. The molecule has 0 spiro atoms. The molecule has 2 heterocycles. The monoisotopic (exact) mass is 366 g/mol. The van der Waals surface area contributed by atoms with Crippen molar-refractivity contribution >= 4 is 17.7 Å². The van der Waals surface area contributed by atoms with Crippen LogP contribution >= 0.6 is 0 Å². The van der Waals surface area contributed by atoms with E-state index in [9.17, 15) is 14.4 Å². The first kappa shape index (κ1) is 20.7. The maximum absolute atomic E-state index is 12.5. The molecule has 1 unspecified atom stereocenters. The van der Waals surface area contributed by atoms with E-state index >= 15 is 0 Å². The van der Waals surface area contributed by atoms with Gasteiger partial charge < -0.3 is 15.1 Å². The predicted octanol–water partition coefficient (Wildman–Crippen LogP) is 0.696. The number of carbonyl (C=O) groups excluding carboxylic acids is 3. The third-order valence-electron chi connectivity index (χ3n) is 5.52. The minimum atomic E-state index is -0.0671. The number of nitrogens with zero attached hydrogens (tertiary/aromatic N) is 3. The lowest BCUT2D eigenvalue weighted by Crippen LogP contribution is -2.53. The summed E-state index contributed by atoms with van der Waals surface area (Å²) in [6.07, 6.45) is 5.42. The Morgan fingerprint density at radius 3 is 2.00 bits per heavy atom. The molecule has 0 aliphatic carbocycles. The smallest absolute Gasteiger partial charge is 0.242 e. The Balaban J connectivity index is 1.68. The van der Waals surface area contributed by atoms with Gasteiger partial charge in [-0.05, 0) is 19.3 Å². The van der Waals surface area contributed by atoms with Crippen LogP contribution in [0.4, 0.5) is 0 Å². The first-order valence-electron chi connectivity index (χ1n) is 10.1. The average Bonchev–Trinajstić information content (AvgIpc) is 2.95. The first-order valence-corrected chi connectivity index (χ1v) is 10.1. The molecular weight excluding hydrogens is 332 g/mol. The Morgan fingerprint density at radius 2 is 1.42 bits per heavy atom. The van der Waals surface area contributed by atoms with E-state index in [0.717, 1.165) is 32.4 Å². The van der Waals surface area contributed by atoms with E-state index in [0.29, 0.717) is 32.7 Å². The molecule has 2 aliphatic rings. The zero-order chi connectivity index (χ0) is 18.9. The molecule has 0 aromatic carbocycles. The van der Waals surface area contributed by atoms with Gasteiger partial charge in [0, 0.05) is 45.2 Å². The minimum Gasteiger partial charge on any atom is -0.347 e. The van der Waals surface area contributed by atoms with Gasteiger partial charge in [-0.2, -0.15) is 0 Å². The molecule has 7 nitrogen and oxygen atoms in total. The zero-order valence-corrected chi connectivity index (χ0v) is 16.3. The maximum Gasteiger partial charge on any atom is 0.242 e. The summed E-state index contributed by atoms with van der Waals surface area (Å²) in [6.45, 7) is 8.76. The lowest BCUT2D eigenvalue weighted by atomic mass is 10.1. The molecular formula is C19H34N4O3. The molecule has 2 fully saturated rings. The summed E-state index contributed by atoms with van der Waals surface area (Å²) in [4.78, 5) is 42.4. The molecule has 2 saturated heterocycles. The second-order valence-corrected chi connectivity index (χ2v) is 7.48. The van der Waals surface area contributed by atoms with Crippen LogP contribution < -0.4 is 5.32 Å². The van der Waals surface area contributed by atoms with Crippen LogP contribution in [0.5, 0.6) is 0 Å². The van der Waals surface area contributed by atoms with Crippen molar-refractivity contribution in [2.45, 2.75) is 46.0 Å². The summed E-state index contributed by atoms with van der Waals surface area (Å²) in [5.74, 6) is 0.0415. The highest BCUT2D eigenvalue weighted by Gasteiger charge is 2.24. The molecule has 0 aromatic rings. The van der Waals surface area contributed by atoms with Gasteiger partial charge in [-0.15, -0.1) is 0 Å². The molecule has 1 atom stereocenters. The van der Waals surface area contributed by atoms with Gasteiger partial charge in [-0.25, -0.2) is 0 Å². The SMILES string of the molecule is CCC(C)C(=O)NCC(=O)N1CCN(CC(=O)N2CCCCCC2)CC1. The first-order chi connectivity index (χ1) is 12.5. The van der Waals surface area contributed by atoms with Crippen LogP contribution in [0.1, 0.15) is 46.0 Å². The van der Waals surface area contributed by atoms with E-state index in [4.69, 9.17) is 0 Å². The summed E-state index contributed by atoms with van der Waals surface area (Å²) >= 11 is 0. The molecule has 3 amide bonds. The standard InChI is InChI=1S/C19H34N4O3/c1-3-16(2)19(26)20-14-17(24)23-12-10-21(11-13-23)15-18(25)22-8-6-4-5-7-9-22/h16H,3-15H2,1-2H3,(H,20,26). The quantitative estimate of drug-likeness (QED) is 0.751. The van der Waals surface area contributed by atoms with Gasteiger partial charge in [0.25, 0.3) is 0 Å². The van der Waals surface area contributed by atoms with Crippen molar-refractivity contribution in [1.82, 2.24) is 20.0 Å². The third-order valence-corrected chi connectivity index (χ3v) is 5.52. The fraction of sp³-hybridized carbons (Fsp3) is 0.842. The number of nitrogens with one attached hydrogen (secondary N) is 1. The lowest BCUT2D eigenvalue weighted by molar-refractivity contribution is -0.136. The van der Waals surface area contributed by atoms with E-state index in [-0.39, 0.29) is 30.2 Å². The summed E-state index contributed by atoms with van der Waals surface area (Å²) in [6, 6.07) is 0. The van der Waals surface area contributed by atoms with E-state index in [2.05, 4.69) is 10.2 Å². The van der Waals surface area contributed by atoms with Gasteiger partial charge in [0.1, 0.15) is 0 Å². The van der Waals surface area contributed by atoms with Crippen LogP contribution in [0.3, 0.4) is 0 Å². The van der Waals surface area contributed by atoms with Crippen LogP contribution in [-0.4, -0.2) is 84.8 Å². The van der Waals surface area contributed by atoms with Gasteiger partial charge in [0.15, 0.2) is 0 Å². The van der Waals surface area contributed by atoms with Crippen molar-refractivity contribution in [1.29, 1.82) is 0 Å². The summed E-state index contributed by atoms with van der Waals surface area (Å²) in [5, 5.41) is 2.72. The Hall–Kier alpha value is -1.63. The molecule has 0 aromatic heterocycles. The van der Waals surface area contributed by atoms with Gasteiger partial charge in [0.05, 0.1) is 13.1 Å². The number of likely N-dealkylation sites (tertiary alicyclic amines) is 1. The maximum atomic E-state index is 12.5. The van der Waals surface area contributed by atoms with E-state index < -0.39 is 0 Å². The number of amides is 3. The fourth-order valence-corrected chi connectivity index (χ4v) is 3.40. The molecule has 2 aliphatic heterocycles. The molecule has 2 rings (SSSR count). The lowest BCUT2D eigenvalue weighted by Gasteiger charge is -2.35. The Morgan fingerprint density at radius 1 is 0.846 bits per heavy atom. The molecule has 0 saturated carbocycles.